The topological polar surface area (TPSA) is 78.7 Å². The Labute approximate surface area is 170 Å². The van der Waals surface area contributed by atoms with E-state index >= 15 is 0 Å². The molecule has 1 atom stereocenters. The Morgan fingerprint density at radius 2 is 1.83 bits per heavy atom. The average Bonchev–Trinajstić information content (AvgIpc) is 3.04. The summed E-state index contributed by atoms with van der Waals surface area (Å²) in [6.07, 6.45) is 1.21. The molecule has 1 spiro atoms. The molecule has 1 aromatic carbocycles. The van der Waals surface area contributed by atoms with Crippen molar-refractivity contribution < 1.29 is 14.7 Å². The third-order valence-electron chi connectivity index (χ3n) is 6.29. The largest absolute Gasteiger partial charge is 0.391 e. The lowest BCUT2D eigenvalue weighted by Gasteiger charge is -2.47. The van der Waals surface area contributed by atoms with Gasteiger partial charge < -0.3 is 14.9 Å². The molecule has 7 heteroatoms. The number of nitrogens with zero attached hydrogens (tertiary/aromatic N) is 4. The van der Waals surface area contributed by atoms with Gasteiger partial charge in [-0.05, 0) is 63.4 Å². The summed E-state index contributed by atoms with van der Waals surface area (Å²) in [5, 5.41) is 14.6. The molecule has 0 radical (unpaired) electrons. The number of hydrogen-bond donors (Lipinski definition) is 1. The van der Waals surface area contributed by atoms with Crippen LogP contribution >= 0.6 is 0 Å². The molecule has 29 heavy (non-hydrogen) atoms. The molecule has 2 fully saturated rings. The number of likely N-dealkylation sites (N-methyl/N-ethyl adjacent to an activating group) is 1. The van der Waals surface area contributed by atoms with Gasteiger partial charge in [0.05, 0.1) is 22.9 Å². The highest BCUT2D eigenvalue weighted by atomic mass is 16.3. The molecule has 2 aromatic rings. The monoisotopic (exact) mass is 396 g/mol. The van der Waals surface area contributed by atoms with E-state index in [9.17, 15) is 14.7 Å². The van der Waals surface area contributed by atoms with Crippen LogP contribution in [0.25, 0.3) is 5.69 Å². The van der Waals surface area contributed by atoms with E-state index in [1.165, 1.54) is 0 Å². The second-order valence-corrected chi connectivity index (χ2v) is 8.50. The molecular weight excluding hydrogens is 368 g/mol. The molecule has 7 nitrogen and oxygen atoms in total. The van der Waals surface area contributed by atoms with Crippen LogP contribution in [-0.4, -0.2) is 69.3 Å². The molecule has 2 saturated heterocycles. The van der Waals surface area contributed by atoms with Crippen molar-refractivity contribution in [2.45, 2.75) is 39.2 Å². The van der Waals surface area contributed by atoms with E-state index in [1.807, 2.05) is 53.8 Å². The lowest BCUT2D eigenvalue weighted by atomic mass is 9.71. The Kier molecular flexibility index (Phi) is 4.94. The Balaban J connectivity index is 1.45. The van der Waals surface area contributed by atoms with Gasteiger partial charge in [-0.15, -0.1) is 0 Å². The van der Waals surface area contributed by atoms with Crippen LogP contribution < -0.4 is 0 Å². The minimum absolute atomic E-state index is 0.0167. The first-order valence-corrected chi connectivity index (χ1v) is 10.2. The normalized spacial score (nSPS) is 21.7. The van der Waals surface area contributed by atoms with Gasteiger partial charge in [0.15, 0.2) is 0 Å². The first-order chi connectivity index (χ1) is 13.8. The number of β-amino-alcohol motifs (C(OH)–C–C–N with tert-alkyl or cyclic N) is 1. The maximum Gasteiger partial charge on any atom is 0.253 e. The van der Waals surface area contributed by atoms with E-state index in [2.05, 4.69) is 5.10 Å². The lowest BCUT2D eigenvalue weighted by Crippen LogP contribution is -2.56. The number of amides is 2. The van der Waals surface area contributed by atoms with Crippen molar-refractivity contribution in [1.29, 1.82) is 0 Å². The zero-order chi connectivity index (χ0) is 20.8. The number of benzene rings is 1. The van der Waals surface area contributed by atoms with Gasteiger partial charge in [-0.2, -0.15) is 5.10 Å². The van der Waals surface area contributed by atoms with Gasteiger partial charge in [-0.25, -0.2) is 4.68 Å². The van der Waals surface area contributed by atoms with Crippen LogP contribution in [0.3, 0.4) is 0 Å². The number of aliphatic hydroxyl groups excluding tert-OH is 1. The van der Waals surface area contributed by atoms with Crippen LogP contribution in [0.15, 0.2) is 30.3 Å². The molecule has 2 amide bonds. The van der Waals surface area contributed by atoms with Crippen LogP contribution in [0.4, 0.5) is 0 Å². The molecule has 0 aliphatic carbocycles. The van der Waals surface area contributed by atoms with Gasteiger partial charge in [0, 0.05) is 37.9 Å². The van der Waals surface area contributed by atoms with Gasteiger partial charge in [-0.1, -0.05) is 0 Å². The second kappa shape index (κ2) is 7.30. The van der Waals surface area contributed by atoms with Crippen LogP contribution in [-0.2, 0) is 4.79 Å². The van der Waals surface area contributed by atoms with Crippen molar-refractivity contribution >= 4 is 11.8 Å². The second-order valence-electron chi connectivity index (χ2n) is 8.50. The Morgan fingerprint density at radius 1 is 1.17 bits per heavy atom. The van der Waals surface area contributed by atoms with Crippen molar-refractivity contribution in [3.8, 4) is 5.69 Å². The van der Waals surface area contributed by atoms with Gasteiger partial charge in [0.25, 0.3) is 5.91 Å². The molecule has 154 valence electrons. The van der Waals surface area contributed by atoms with Crippen molar-refractivity contribution in [3.63, 3.8) is 0 Å². The lowest BCUT2D eigenvalue weighted by molar-refractivity contribution is -0.154. The highest BCUT2D eigenvalue weighted by Crippen LogP contribution is 2.40. The zero-order valence-corrected chi connectivity index (χ0v) is 17.3. The standard InChI is InChI=1S/C22H28N4O3/c1-15-12-16(2)26(23-15)18-6-4-17(5-7-18)20(28)25-10-8-22(9-11-25)13-19(27)14-24(3)21(22)29/h4-7,12,19,27H,8-11,13-14H2,1-3H3. The number of aliphatic hydroxyl groups is 1. The maximum atomic E-state index is 13.0. The number of aryl methyl sites for hydroxylation is 2. The highest BCUT2D eigenvalue weighted by molar-refractivity contribution is 5.94. The van der Waals surface area contributed by atoms with Crippen LogP contribution in [0, 0.1) is 19.3 Å². The maximum absolute atomic E-state index is 13.0. The predicted molar refractivity (Wildman–Crippen MR) is 109 cm³/mol. The van der Waals surface area contributed by atoms with E-state index in [1.54, 1.807) is 11.9 Å². The van der Waals surface area contributed by atoms with E-state index < -0.39 is 11.5 Å². The number of rotatable bonds is 2. The fraction of sp³-hybridized carbons (Fsp3) is 0.500. The molecule has 3 heterocycles. The summed E-state index contributed by atoms with van der Waals surface area (Å²) in [4.78, 5) is 29.1. The number of hydrogen-bond acceptors (Lipinski definition) is 4. The average molecular weight is 396 g/mol. The molecular formula is C22H28N4O3. The Morgan fingerprint density at radius 3 is 2.41 bits per heavy atom. The zero-order valence-electron chi connectivity index (χ0n) is 17.3. The van der Waals surface area contributed by atoms with E-state index in [-0.39, 0.29) is 11.8 Å². The summed E-state index contributed by atoms with van der Waals surface area (Å²) in [5.41, 5.74) is 3.04. The van der Waals surface area contributed by atoms with Crippen molar-refractivity contribution in [2.75, 3.05) is 26.7 Å². The van der Waals surface area contributed by atoms with Crippen LogP contribution in [0.2, 0.25) is 0 Å². The summed E-state index contributed by atoms with van der Waals surface area (Å²) < 4.78 is 1.87. The van der Waals surface area contributed by atoms with Gasteiger partial charge in [-0.3, -0.25) is 9.59 Å². The molecule has 2 aliphatic rings. The number of carbonyl (C=O) groups is 2. The van der Waals surface area contributed by atoms with Crippen LogP contribution in [0.1, 0.15) is 41.0 Å². The number of likely N-dealkylation sites (tertiary alicyclic amines) is 2. The molecule has 1 aromatic heterocycles. The molecule has 2 aliphatic heterocycles. The van der Waals surface area contributed by atoms with Gasteiger partial charge >= 0.3 is 0 Å². The molecule has 0 saturated carbocycles. The van der Waals surface area contributed by atoms with Gasteiger partial charge in [0.1, 0.15) is 0 Å². The number of aromatic nitrogens is 2. The van der Waals surface area contributed by atoms with Crippen molar-refractivity contribution in [1.82, 2.24) is 19.6 Å². The van der Waals surface area contributed by atoms with E-state index in [4.69, 9.17) is 0 Å². The highest BCUT2D eigenvalue weighted by Gasteiger charge is 2.47. The molecule has 0 bridgehead atoms. The fourth-order valence-corrected chi connectivity index (χ4v) is 4.78. The van der Waals surface area contributed by atoms with Crippen molar-refractivity contribution in [3.05, 3.63) is 47.3 Å². The SMILES string of the molecule is Cc1cc(C)n(-c2ccc(C(=O)N3CCC4(CC3)CC(O)CN(C)C4=O)cc2)n1. The summed E-state index contributed by atoms with van der Waals surface area (Å²) in [6.45, 7) is 5.42. The summed E-state index contributed by atoms with van der Waals surface area (Å²) in [5.74, 6) is 0.0843. The predicted octanol–water partition coefficient (Wildman–Crippen LogP) is 1.93. The molecule has 1 unspecified atom stereocenters. The molecule has 4 rings (SSSR count). The third-order valence-corrected chi connectivity index (χ3v) is 6.29. The van der Waals surface area contributed by atoms with Crippen molar-refractivity contribution in [2.24, 2.45) is 5.41 Å². The smallest absolute Gasteiger partial charge is 0.253 e. The first kappa shape index (κ1) is 19.6. The first-order valence-electron chi connectivity index (χ1n) is 10.2. The number of carbonyl (C=O) groups excluding carboxylic acids is 2. The molecule has 1 N–H and O–H groups in total. The number of piperidine rings is 2. The Bertz CT molecular complexity index is 926. The summed E-state index contributed by atoms with van der Waals surface area (Å²) in [7, 11) is 1.74. The summed E-state index contributed by atoms with van der Waals surface area (Å²) in [6, 6.07) is 9.51. The fourth-order valence-electron chi connectivity index (χ4n) is 4.78. The third kappa shape index (κ3) is 3.55. The van der Waals surface area contributed by atoms with Gasteiger partial charge in [0.2, 0.25) is 5.91 Å². The minimum Gasteiger partial charge on any atom is -0.391 e. The summed E-state index contributed by atoms with van der Waals surface area (Å²) >= 11 is 0. The van der Waals surface area contributed by atoms with E-state index in [0.717, 1.165) is 17.1 Å². The Hall–Kier alpha value is -2.67. The van der Waals surface area contributed by atoms with Crippen LogP contribution in [0.5, 0.6) is 0 Å². The van der Waals surface area contributed by atoms with E-state index in [0.29, 0.717) is 44.5 Å². The quantitative estimate of drug-likeness (QED) is 0.841. The minimum atomic E-state index is -0.525.